The molecule has 7 N–H and O–H groups in total. The van der Waals surface area contributed by atoms with Crippen LogP contribution in [0.4, 0.5) is 13.6 Å². The molecule has 0 spiro atoms. The van der Waals surface area contributed by atoms with E-state index in [1.54, 1.807) is 63.4 Å². The first-order chi connectivity index (χ1) is 32.4. The summed E-state index contributed by atoms with van der Waals surface area (Å²) in [7, 11) is 0. The van der Waals surface area contributed by atoms with Gasteiger partial charge in [-0.25, -0.2) is 13.6 Å². The van der Waals surface area contributed by atoms with Gasteiger partial charge in [-0.15, -0.1) is 0 Å². The number of carbonyl (C=O) groups excluding carboxylic acids is 7. The number of hydrogen-bond acceptors (Lipinski definition) is 10. The number of alkyl carbamates (subject to hydrolysis) is 1. The van der Waals surface area contributed by atoms with Gasteiger partial charge in [-0.05, 0) is 74.9 Å². The molecule has 0 fully saturated rings. The van der Waals surface area contributed by atoms with Crippen molar-refractivity contribution in [3.63, 3.8) is 0 Å². The predicted molar refractivity (Wildman–Crippen MR) is 251 cm³/mol. The average molecular weight is 960 g/mol. The van der Waals surface area contributed by atoms with Crippen LogP contribution < -0.4 is 27.0 Å². The zero-order valence-electron chi connectivity index (χ0n) is 40.0. The summed E-state index contributed by atoms with van der Waals surface area (Å²) in [6, 6.07) is 17.7. The first kappa shape index (κ1) is 54.5. The molecule has 4 atom stereocenters. The summed E-state index contributed by atoms with van der Waals surface area (Å²) >= 11 is 0. The number of benzene rings is 3. The number of halogens is 2. The number of nitrogens with two attached hydrogens (primary N) is 1. The summed E-state index contributed by atoms with van der Waals surface area (Å²) in [5, 5.41) is 20.0. The van der Waals surface area contributed by atoms with Crippen LogP contribution in [0.25, 0.3) is 11.1 Å². The van der Waals surface area contributed by atoms with E-state index in [2.05, 4.69) is 21.3 Å². The Bertz CT molecular complexity index is 2420. The SMILES string of the molecule is C[C@H](NC(=O)OCc1ccccc1)C(=O)N[C@H](CC(=O)OC(C)(C)C)C(=O)N[C@@H](CC(N)=O)C(=O)NCCCN(C(=O)CO)[C@@H](c1cc(-c2cc(F)ccc2F)cn1Cc1ccccc1)C(C)(C)C. The van der Waals surface area contributed by atoms with Crippen molar-refractivity contribution in [3.05, 3.63) is 120 Å². The number of ether oxygens (including phenoxy) is 2. The molecule has 0 bridgehead atoms. The maximum atomic E-state index is 15.2. The van der Waals surface area contributed by atoms with Gasteiger partial charge in [0.1, 0.15) is 48.6 Å². The Morgan fingerprint density at radius 2 is 1.39 bits per heavy atom. The third kappa shape index (κ3) is 17.2. The van der Waals surface area contributed by atoms with E-state index in [1.807, 2.05) is 55.7 Å². The number of esters is 1. The largest absolute Gasteiger partial charge is 0.460 e. The number of amides is 6. The summed E-state index contributed by atoms with van der Waals surface area (Å²) in [5.41, 5.74) is 6.28. The molecule has 6 amide bonds. The molecule has 0 saturated heterocycles. The van der Waals surface area contributed by atoms with Crippen LogP contribution in [0.15, 0.2) is 91.1 Å². The fraction of sp³-hybridized carbons (Fsp3) is 0.420. The van der Waals surface area contributed by atoms with Crippen LogP contribution in [0.2, 0.25) is 0 Å². The molecule has 0 saturated carbocycles. The van der Waals surface area contributed by atoms with Gasteiger partial charge in [-0.2, -0.15) is 0 Å². The number of aliphatic hydroxyl groups excluding tert-OH is 1. The first-order valence-electron chi connectivity index (χ1n) is 22.4. The van der Waals surface area contributed by atoms with E-state index in [1.165, 1.54) is 11.8 Å². The summed E-state index contributed by atoms with van der Waals surface area (Å²) in [4.78, 5) is 93.5. The van der Waals surface area contributed by atoms with Crippen LogP contribution in [0.3, 0.4) is 0 Å². The van der Waals surface area contributed by atoms with E-state index in [9.17, 15) is 43.1 Å². The van der Waals surface area contributed by atoms with E-state index in [0.717, 1.165) is 23.8 Å². The quantitative estimate of drug-likeness (QED) is 0.0465. The molecule has 1 heterocycles. The average Bonchev–Trinajstić information content (AvgIpc) is 3.67. The van der Waals surface area contributed by atoms with Crippen molar-refractivity contribution in [1.29, 1.82) is 0 Å². The smallest absolute Gasteiger partial charge is 0.408 e. The molecule has 17 nitrogen and oxygen atoms in total. The lowest BCUT2D eigenvalue weighted by Crippen LogP contribution is -2.57. The summed E-state index contributed by atoms with van der Waals surface area (Å²) in [5.74, 6) is -6.63. The fourth-order valence-corrected chi connectivity index (χ4v) is 7.43. The van der Waals surface area contributed by atoms with Gasteiger partial charge in [0.2, 0.25) is 29.5 Å². The second-order valence-electron chi connectivity index (χ2n) is 18.6. The molecular weight excluding hydrogens is 897 g/mol. The van der Waals surface area contributed by atoms with Crippen molar-refractivity contribution in [2.75, 3.05) is 19.7 Å². The van der Waals surface area contributed by atoms with Crippen LogP contribution in [-0.4, -0.2) is 99.6 Å². The van der Waals surface area contributed by atoms with Crippen molar-refractivity contribution in [3.8, 4) is 11.1 Å². The number of carbonyl (C=O) groups is 7. The second kappa shape index (κ2) is 24.7. The van der Waals surface area contributed by atoms with Gasteiger partial charge in [-0.1, -0.05) is 81.4 Å². The number of primary amides is 1. The predicted octanol–water partition coefficient (Wildman–Crippen LogP) is 4.79. The standard InChI is InChI=1S/C50H63F2N7O10/c1-31(55-48(67)68-30-33-17-12-9-13-18-33)45(64)56-39(26-43(63)69-50(5,6)7)47(66)57-38(25-41(53)61)46(65)54-21-14-22-59(42(62)29-60)44(49(2,3)4)40-23-34(36-24-35(51)19-20-37(36)52)28-58(40)27-32-15-10-8-11-16-32/h8-13,15-20,23-24,28,31,38-39,44,60H,14,21-22,25-27,29-30H2,1-7H3,(H2,53,61)(H,54,65)(H,55,67)(H,56,64)(H,57,66)/t31-,38-,39+,44-/m0/s1. The Labute approximate surface area is 400 Å². The lowest BCUT2D eigenvalue weighted by molar-refractivity contribution is -0.156. The van der Waals surface area contributed by atoms with E-state index < -0.39 is 108 Å². The zero-order chi connectivity index (χ0) is 51.1. The number of nitrogens with one attached hydrogen (secondary N) is 4. The third-order valence-electron chi connectivity index (χ3n) is 10.5. The highest BCUT2D eigenvalue weighted by Gasteiger charge is 2.37. The third-order valence-corrected chi connectivity index (χ3v) is 10.5. The van der Waals surface area contributed by atoms with Crippen molar-refractivity contribution < 1.29 is 56.9 Å². The maximum Gasteiger partial charge on any atom is 0.408 e. The molecule has 0 radical (unpaired) electrons. The van der Waals surface area contributed by atoms with Gasteiger partial charge >= 0.3 is 12.1 Å². The molecular formula is C50H63F2N7O10. The van der Waals surface area contributed by atoms with Crippen LogP contribution in [0.1, 0.15) is 90.6 Å². The Balaban J connectivity index is 1.52. The Kier molecular flexibility index (Phi) is 19.5. The lowest BCUT2D eigenvalue weighted by Gasteiger charge is -2.41. The highest BCUT2D eigenvalue weighted by Crippen LogP contribution is 2.41. The first-order valence-corrected chi connectivity index (χ1v) is 22.4. The minimum Gasteiger partial charge on any atom is -0.460 e. The number of aromatic nitrogens is 1. The minimum atomic E-state index is -1.66. The summed E-state index contributed by atoms with van der Waals surface area (Å²) in [6.07, 6.45) is -0.567. The Morgan fingerprint density at radius 3 is 1.99 bits per heavy atom. The molecule has 19 heteroatoms. The van der Waals surface area contributed by atoms with E-state index >= 15 is 4.39 Å². The molecule has 1 aromatic heterocycles. The van der Waals surface area contributed by atoms with Gasteiger partial charge in [0.05, 0.1) is 18.9 Å². The van der Waals surface area contributed by atoms with E-state index in [0.29, 0.717) is 23.4 Å². The highest BCUT2D eigenvalue weighted by molar-refractivity contribution is 5.97. The van der Waals surface area contributed by atoms with Gasteiger partial charge in [0.25, 0.3) is 0 Å². The second-order valence-corrected chi connectivity index (χ2v) is 18.6. The van der Waals surface area contributed by atoms with Gasteiger partial charge in [0, 0.05) is 42.7 Å². The van der Waals surface area contributed by atoms with Crippen LogP contribution >= 0.6 is 0 Å². The minimum absolute atomic E-state index is 0.0120. The van der Waals surface area contributed by atoms with Crippen molar-refractivity contribution in [1.82, 2.24) is 30.7 Å². The maximum absolute atomic E-state index is 15.2. The lowest BCUT2D eigenvalue weighted by atomic mass is 9.83. The normalized spacial score (nSPS) is 13.2. The van der Waals surface area contributed by atoms with Crippen molar-refractivity contribution in [2.24, 2.45) is 11.1 Å². The Morgan fingerprint density at radius 1 is 0.783 bits per heavy atom. The highest BCUT2D eigenvalue weighted by atomic mass is 19.1. The van der Waals surface area contributed by atoms with Crippen LogP contribution in [0.5, 0.6) is 0 Å². The van der Waals surface area contributed by atoms with E-state index in [4.69, 9.17) is 15.2 Å². The fourth-order valence-electron chi connectivity index (χ4n) is 7.43. The topological polar surface area (TPSA) is 240 Å². The molecule has 0 unspecified atom stereocenters. The van der Waals surface area contributed by atoms with Crippen molar-refractivity contribution >= 4 is 41.6 Å². The molecule has 372 valence electrons. The van der Waals surface area contributed by atoms with Gasteiger partial charge in [-0.3, -0.25) is 28.8 Å². The monoisotopic (exact) mass is 959 g/mol. The van der Waals surface area contributed by atoms with Crippen LogP contribution in [0, 0.1) is 17.0 Å². The van der Waals surface area contributed by atoms with Crippen molar-refractivity contribution in [2.45, 2.75) is 111 Å². The van der Waals surface area contributed by atoms with Gasteiger partial charge in [0.15, 0.2) is 0 Å². The molecule has 4 aromatic rings. The van der Waals surface area contributed by atoms with Crippen LogP contribution in [-0.2, 0) is 51.4 Å². The number of aliphatic hydroxyl groups is 1. The molecule has 4 rings (SSSR count). The summed E-state index contributed by atoms with van der Waals surface area (Å²) < 4.78 is 42.0. The molecule has 0 aliphatic heterocycles. The zero-order valence-corrected chi connectivity index (χ0v) is 40.0. The molecule has 3 aromatic carbocycles. The number of rotatable bonds is 22. The molecule has 0 aliphatic carbocycles. The Hall–Kier alpha value is -7.15. The number of hydrogen-bond donors (Lipinski definition) is 6. The van der Waals surface area contributed by atoms with E-state index in [-0.39, 0.29) is 31.7 Å². The van der Waals surface area contributed by atoms with Gasteiger partial charge < -0.3 is 51.0 Å². The molecule has 0 aliphatic rings. The molecule has 69 heavy (non-hydrogen) atoms. The summed E-state index contributed by atoms with van der Waals surface area (Å²) in [6.45, 7) is 10.9. The number of nitrogens with zero attached hydrogens (tertiary/aromatic N) is 2.